The quantitative estimate of drug-likeness (QED) is 0.697. The minimum Gasteiger partial charge on any atom is -0.383 e. The summed E-state index contributed by atoms with van der Waals surface area (Å²) in [5.74, 6) is 0. The van der Waals surface area contributed by atoms with Crippen LogP contribution in [0.5, 0.6) is 0 Å². The molecule has 0 bridgehead atoms. The molecule has 94 valence electrons. The van der Waals surface area contributed by atoms with Crippen LogP contribution in [-0.2, 0) is 4.74 Å². The second-order valence-electron chi connectivity index (χ2n) is 4.10. The van der Waals surface area contributed by atoms with Gasteiger partial charge in [0.25, 0.3) is 0 Å². The standard InChI is InChI=1S/C12H18ClN3O/c1-17-7-6-14-12-8-11(15-16-12)9-4-2-3-5-10(9)13/h2-5,11-12,14-16H,6-8H2,1H3. The third-order valence-electron chi connectivity index (χ3n) is 2.88. The summed E-state index contributed by atoms with van der Waals surface area (Å²) < 4.78 is 5.00. The van der Waals surface area contributed by atoms with Crippen molar-refractivity contribution in [2.45, 2.75) is 18.6 Å². The van der Waals surface area contributed by atoms with Crippen molar-refractivity contribution < 1.29 is 4.74 Å². The Bertz CT molecular complexity index is 361. The molecule has 1 saturated heterocycles. The predicted molar refractivity (Wildman–Crippen MR) is 68.7 cm³/mol. The predicted octanol–water partition coefficient (Wildman–Crippen LogP) is 1.44. The first kappa shape index (κ1) is 12.8. The molecule has 2 rings (SSSR count). The van der Waals surface area contributed by atoms with Gasteiger partial charge in [0.1, 0.15) is 0 Å². The van der Waals surface area contributed by atoms with Crippen LogP contribution in [0, 0.1) is 0 Å². The van der Waals surface area contributed by atoms with Crippen LogP contribution in [0.25, 0.3) is 0 Å². The molecule has 4 nitrogen and oxygen atoms in total. The van der Waals surface area contributed by atoms with E-state index in [1.54, 1.807) is 7.11 Å². The first-order valence-corrected chi connectivity index (χ1v) is 6.17. The normalized spacial score (nSPS) is 24.1. The molecule has 1 heterocycles. The molecule has 0 aliphatic carbocycles. The number of halogens is 1. The number of rotatable bonds is 5. The Morgan fingerprint density at radius 2 is 2.24 bits per heavy atom. The summed E-state index contributed by atoms with van der Waals surface area (Å²) in [5, 5.41) is 4.17. The zero-order chi connectivity index (χ0) is 12.1. The van der Waals surface area contributed by atoms with Crippen molar-refractivity contribution in [3.8, 4) is 0 Å². The highest BCUT2D eigenvalue weighted by molar-refractivity contribution is 6.31. The molecule has 0 radical (unpaired) electrons. The van der Waals surface area contributed by atoms with Gasteiger partial charge in [-0.05, 0) is 18.1 Å². The number of hydrogen-bond donors (Lipinski definition) is 3. The van der Waals surface area contributed by atoms with E-state index in [1.807, 2.05) is 18.2 Å². The maximum Gasteiger partial charge on any atom is 0.0723 e. The van der Waals surface area contributed by atoms with Crippen LogP contribution in [0.4, 0.5) is 0 Å². The van der Waals surface area contributed by atoms with Crippen LogP contribution in [-0.4, -0.2) is 26.4 Å². The molecule has 0 amide bonds. The number of hydrazine groups is 1. The first-order chi connectivity index (χ1) is 8.31. The van der Waals surface area contributed by atoms with Gasteiger partial charge in [0.15, 0.2) is 0 Å². The molecule has 0 saturated carbocycles. The molecule has 0 spiro atoms. The number of nitrogens with one attached hydrogen (secondary N) is 3. The van der Waals surface area contributed by atoms with E-state index < -0.39 is 0 Å². The minimum atomic E-state index is 0.253. The minimum absolute atomic E-state index is 0.253. The fourth-order valence-electron chi connectivity index (χ4n) is 1.99. The SMILES string of the molecule is COCCNC1CC(c2ccccc2Cl)NN1. The Labute approximate surface area is 107 Å². The van der Waals surface area contributed by atoms with Gasteiger partial charge in [-0.3, -0.25) is 5.32 Å². The van der Waals surface area contributed by atoms with E-state index >= 15 is 0 Å². The molecule has 2 atom stereocenters. The van der Waals surface area contributed by atoms with Gasteiger partial charge in [-0.15, -0.1) is 0 Å². The van der Waals surface area contributed by atoms with E-state index in [1.165, 1.54) is 0 Å². The van der Waals surface area contributed by atoms with E-state index in [2.05, 4.69) is 22.2 Å². The zero-order valence-corrected chi connectivity index (χ0v) is 10.6. The second kappa shape index (κ2) is 6.33. The van der Waals surface area contributed by atoms with Crippen LogP contribution in [0.15, 0.2) is 24.3 Å². The van der Waals surface area contributed by atoms with E-state index in [-0.39, 0.29) is 12.2 Å². The van der Waals surface area contributed by atoms with Gasteiger partial charge in [0, 0.05) is 18.7 Å². The lowest BCUT2D eigenvalue weighted by molar-refractivity contribution is 0.194. The van der Waals surface area contributed by atoms with E-state index in [0.29, 0.717) is 0 Å². The molecule has 1 fully saturated rings. The van der Waals surface area contributed by atoms with Crippen molar-refractivity contribution in [2.24, 2.45) is 0 Å². The highest BCUT2D eigenvalue weighted by atomic mass is 35.5. The number of ether oxygens (including phenoxy) is 1. The molecule has 1 aliphatic heterocycles. The van der Waals surface area contributed by atoms with Crippen molar-refractivity contribution in [3.63, 3.8) is 0 Å². The van der Waals surface area contributed by atoms with Crippen molar-refractivity contribution in [1.82, 2.24) is 16.2 Å². The van der Waals surface area contributed by atoms with Gasteiger partial charge in [-0.1, -0.05) is 29.8 Å². The highest BCUT2D eigenvalue weighted by Crippen LogP contribution is 2.27. The maximum absolute atomic E-state index is 6.17. The maximum atomic E-state index is 6.17. The van der Waals surface area contributed by atoms with Gasteiger partial charge >= 0.3 is 0 Å². The van der Waals surface area contributed by atoms with E-state index in [9.17, 15) is 0 Å². The summed E-state index contributed by atoms with van der Waals surface area (Å²) in [6.07, 6.45) is 1.22. The Hall–Kier alpha value is -0.650. The fourth-order valence-corrected chi connectivity index (χ4v) is 2.25. The van der Waals surface area contributed by atoms with Crippen molar-refractivity contribution in [3.05, 3.63) is 34.9 Å². The fraction of sp³-hybridized carbons (Fsp3) is 0.500. The van der Waals surface area contributed by atoms with Crippen molar-refractivity contribution in [1.29, 1.82) is 0 Å². The lowest BCUT2D eigenvalue weighted by Gasteiger charge is -2.12. The lowest BCUT2D eigenvalue weighted by Crippen LogP contribution is -2.42. The summed E-state index contributed by atoms with van der Waals surface area (Å²) in [4.78, 5) is 0. The molecule has 1 aromatic rings. The topological polar surface area (TPSA) is 45.3 Å². The van der Waals surface area contributed by atoms with Crippen molar-refractivity contribution in [2.75, 3.05) is 20.3 Å². The van der Waals surface area contributed by atoms with Crippen molar-refractivity contribution >= 4 is 11.6 Å². The van der Waals surface area contributed by atoms with Gasteiger partial charge in [0.05, 0.1) is 18.8 Å². The van der Waals surface area contributed by atoms with E-state index in [0.717, 1.165) is 30.2 Å². The van der Waals surface area contributed by atoms with Crippen LogP contribution >= 0.6 is 11.6 Å². The summed E-state index contributed by atoms with van der Waals surface area (Å²) in [6.45, 7) is 1.56. The van der Waals surface area contributed by atoms with Gasteiger partial charge in [-0.2, -0.15) is 0 Å². The van der Waals surface area contributed by atoms with Gasteiger partial charge in [0.2, 0.25) is 0 Å². The van der Waals surface area contributed by atoms with Crippen LogP contribution in [0.3, 0.4) is 0 Å². The van der Waals surface area contributed by atoms with Crippen LogP contribution < -0.4 is 16.2 Å². The molecule has 1 aromatic carbocycles. The number of benzene rings is 1. The monoisotopic (exact) mass is 255 g/mol. The Balaban J connectivity index is 1.87. The van der Waals surface area contributed by atoms with Crippen LogP contribution in [0.2, 0.25) is 5.02 Å². The smallest absolute Gasteiger partial charge is 0.0723 e. The molecule has 5 heteroatoms. The number of hydrogen-bond acceptors (Lipinski definition) is 4. The average molecular weight is 256 g/mol. The van der Waals surface area contributed by atoms with Gasteiger partial charge in [-0.25, -0.2) is 10.9 Å². The molecule has 1 aliphatic rings. The zero-order valence-electron chi connectivity index (χ0n) is 9.87. The highest BCUT2D eigenvalue weighted by Gasteiger charge is 2.25. The molecule has 17 heavy (non-hydrogen) atoms. The average Bonchev–Trinajstić information content (AvgIpc) is 2.79. The largest absolute Gasteiger partial charge is 0.383 e. The Morgan fingerprint density at radius 3 is 3.00 bits per heavy atom. The van der Waals surface area contributed by atoms with Crippen LogP contribution in [0.1, 0.15) is 18.0 Å². The summed E-state index contributed by atoms with van der Waals surface area (Å²) in [7, 11) is 1.70. The Morgan fingerprint density at radius 1 is 1.41 bits per heavy atom. The number of methoxy groups -OCH3 is 1. The third-order valence-corrected chi connectivity index (χ3v) is 3.22. The summed E-state index contributed by atoms with van der Waals surface area (Å²) in [5.41, 5.74) is 7.61. The van der Waals surface area contributed by atoms with E-state index in [4.69, 9.17) is 16.3 Å². The Kier molecular flexibility index (Phi) is 4.76. The summed E-state index contributed by atoms with van der Waals surface area (Å²) in [6, 6.07) is 8.18. The molecular formula is C12H18ClN3O. The summed E-state index contributed by atoms with van der Waals surface area (Å²) >= 11 is 6.17. The third kappa shape index (κ3) is 3.40. The van der Waals surface area contributed by atoms with Gasteiger partial charge < -0.3 is 4.74 Å². The second-order valence-corrected chi connectivity index (χ2v) is 4.51. The molecular weight excluding hydrogens is 238 g/mol. The lowest BCUT2D eigenvalue weighted by atomic mass is 10.0. The molecule has 3 N–H and O–H groups in total. The molecule has 0 aromatic heterocycles. The first-order valence-electron chi connectivity index (χ1n) is 5.79. The molecule has 2 unspecified atom stereocenters.